The van der Waals surface area contributed by atoms with Gasteiger partial charge in [-0.15, -0.1) is 0 Å². The second-order valence-corrected chi connectivity index (χ2v) is 16.4. The molecule has 2 aromatic heterocycles. The standard InChI is InChI=1S/C42H45N6O7P/c1-48(2)33-19-17-30(18-20-33)37-24-34(55-47-37)22-32(41(50)45-38(40(43)49)23-31-25-44-36-16-10-9-15-35(31)36)27-56(52,53)39(21-28-11-5-3-6-12-28)46-42(51)54-26-29-13-7-4-8-14-29/h3-20,24-25,32,38-39,44H,21-23,26-27H2,1-2H3,(H2,43,49)(H,45,50)(H,46,51)(H,52,53)/t32?,38-,39+/m0/s1. The molecule has 14 heteroatoms. The van der Waals surface area contributed by atoms with Crippen LogP contribution in [-0.2, 0) is 44.8 Å². The monoisotopic (exact) mass is 776 g/mol. The molecule has 0 bridgehead atoms. The van der Waals surface area contributed by atoms with Crippen LogP contribution in [0, 0.1) is 5.92 Å². The lowest BCUT2D eigenvalue weighted by molar-refractivity contribution is -0.129. The Labute approximate surface area is 324 Å². The van der Waals surface area contributed by atoms with Gasteiger partial charge in [0.15, 0.2) is 0 Å². The van der Waals surface area contributed by atoms with Gasteiger partial charge >= 0.3 is 6.09 Å². The number of benzene rings is 4. The largest absolute Gasteiger partial charge is 0.445 e. The lowest BCUT2D eigenvalue weighted by atomic mass is 10.0. The second kappa shape index (κ2) is 18.0. The summed E-state index contributed by atoms with van der Waals surface area (Å²) in [6.45, 7) is -0.0534. The third-order valence-electron chi connectivity index (χ3n) is 9.55. The van der Waals surface area contributed by atoms with Crippen molar-refractivity contribution in [2.75, 3.05) is 25.2 Å². The number of H-pyrrole nitrogens is 1. The molecule has 2 heterocycles. The van der Waals surface area contributed by atoms with Gasteiger partial charge in [0, 0.05) is 73.9 Å². The third kappa shape index (κ3) is 10.3. The van der Waals surface area contributed by atoms with Crippen LogP contribution < -0.4 is 21.3 Å². The molecule has 0 saturated carbocycles. The number of aromatic amines is 1. The van der Waals surface area contributed by atoms with Gasteiger partial charge in [0.1, 0.15) is 29.9 Å². The number of aromatic nitrogens is 2. The summed E-state index contributed by atoms with van der Waals surface area (Å²) in [7, 11) is -0.577. The number of primary amides is 1. The number of hydrogen-bond acceptors (Lipinski definition) is 8. The second-order valence-electron chi connectivity index (χ2n) is 13.9. The van der Waals surface area contributed by atoms with E-state index < -0.39 is 49.2 Å². The highest BCUT2D eigenvalue weighted by Gasteiger charge is 2.39. The van der Waals surface area contributed by atoms with Crippen LogP contribution in [-0.4, -0.2) is 65.0 Å². The maximum atomic E-state index is 14.5. The first kappa shape index (κ1) is 39.5. The molecule has 4 aromatic carbocycles. The summed E-state index contributed by atoms with van der Waals surface area (Å²) in [5.41, 5.74) is 11.1. The van der Waals surface area contributed by atoms with Gasteiger partial charge in [0.25, 0.3) is 0 Å². The number of hydrogen-bond donors (Lipinski definition) is 5. The number of fused-ring (bicyclic) bond motifs is 1. The van der Waals surface area contributed by atoms with Gasteiger partial charge in [0.05, 0.1) is 5.92 Å². The zero-order chi connectivity index (χ0) is 39.7. The van der Waals surface area contributed by atoms with E-state index in [9.17, 15) is 23.8 Å². The fourth-order valence-electron chi connectivity index (χ4n) is 6.47. The number of para-hydroxylation sites is 1. The summed E-state index contributed by atoms with van der Waals surface area (Å²) >= 11 is 0. The molecular formula is C42H45N6O7P. The number of rotatable bonds is 17. The summed E-state index contributed by atoms with van der Waals surface area (Å²) in [5, 5.41) is 10.4. The predicted molar refractivity (Wildman–Crippen MR) is 215 cm³/mol. The van der Waals surface area contributed by atoms with Crippen molar-refractivity contribution in [1.29, 1.82) is 0 Å². The first-order valence-corrected chi connectivity index (χ1v) is 20.1. The number of carbonyl (C=O) groups is 3. The molecule has 56 heavy (non-hydrogen) atoms. The number of nitrogens with two attached hydrogens (primary N) is 1. The molecule has 6 rings (SSSR count). The smallest absolute Gasteiger partial charge is 0.408 e. The van der Waals surface area contributed by atoms with Crippen LogP contribution in [0.1, 0.15) is 22.5 Å². The predicted octanol–water partition coefficient (Wildman–Crippen LogP) is 6.03. The van der Waals surface area contributed by atoms with E-state index in [1.54, 1.807) is 48.7 Å². The van der Waals surface area contributed by atoms with Crippen LogP contribution >= 0.6 is 7.37 Å². The minimum atomic E-state index is -4.45. The third-order valence-corrected chi connectivity index (χ3v) is 11.8. The van der Waals surface area contributed by atoms with E-state index in [4.69, 9.17) is 15.0 Å². The fraction of sp³-hybridized carbons (Fsp3) is 0.238. The number of nitrogens with zero attached hydrogens (tertiary/aromatic N) is 2. The molecule has 0 saturated heterocycles. The van der Waals surface area contributed by atoms with Crippen molar-refractivity contribution in [3.05, 3.63) is 144 Å². The highest BCUT2D eigenvalue weighted by molar-refractivity contribution is 7.58. The summed E-state index contributed by atoms with van der Waals surface area (Å²) in [6.07, 6.45) is 0.191. The van der Waals surface area contributed by atoms with E-state index in [2.05, 4.69) is 20.8 Å². The van der Waals surface area contributed by atoms with E-state index in [0.717, 1.165) is 33.3 Å². The summed E-state index contributed by atoms with van der Waals surface area (Å²) < 4.78 is 25.6. The van der Waals surface area contributed by atoms with E-state index in [1.165, 1.54) is 0 Å². The van der Waals surface area contributed by atoms with Gasteiger partial charge in [-0.05, 0) is 34.9 Å². The minimum absolute atomic E-state index is 0.0245. The first-order valence-electron chi connectivity index (χ1n) is 18.2. The van der Waals surface area contributed by atoms with E-state index in [-0.39, 0.29) is 31.6 Å². The van der Waals surface area contributed by atoms with Crippen LogP contribution in [0.5, 0.6) is 0 Å². The van der Waals surface area contributed by atoms with Crippen molar-refractivity contribution in [2.45, 2.75) is 37.7 Å². The molecule has 13 nitrogen and oxygen atoms in total. The lowest BCUT2D eigenvalue weighted by Crippen LogP contribution is -2.49. The van der Waals surface area contributed by atoms with Crippen LogP contribution in [0.2, 0.25) is 0 Å². The van der Waals surface area contributed by atoms with Crippen LogP contribution in [0.15, 0.2) is 126 Å². The molecule has 2 unspecified atom stereocenters. The van der Waals surface area contributed by atoms with Gasteiger partial charge in [0.2, 0.25) is 19.2 Å². The molecule has 0 fully saturated rings. The zero-order valence-corrected chi connectivity index (χ0v) is 32.0. The maximum Gasteiger partial charge on any atom is 0.408 e. The molecule has 4 atom stereocenters. The summed E-state index contributed by atoms with van der Waals surface area (Å²) in [5.74, 6) is -3.74. The van der Waals surface area contributed by atoms with Gasteiger partial charge in [-0.2, -0.15) is 0 Å². The Morgan fingerprint density at radius 2 is 1.54 bits per heavy atom. The van der Waals surface area contributed by atoms with Crippen molar-refractivity contribution >= 4 is 41.9 Å². The zero-order valence-electron chi connectivity index (χ0n) is 31.1. The minimum Gasteiger partial charge on any atom is -0.445 e. The highest BCUT2D eigenvalue weighted by Crippen LogP contribution is 2.48. The van der Waals surface area contributed by atoms with Gasteiger partial charge in [-0.1, -0.05) is 96.2 Å². The Kier molecular flexibility index (Phi) is 12.7. The molecule has 0 aliphatic heterocycles. The normalized spacial score (nSPS) is 13.9. The number of alkyl carbamates (subject to hydrolysis) is 1. The van der Waals surface area contributed by atoms with E-state index in [0.29, 0.717) is 11.3 Å². The topological polar surface area (TPSA) is 193 Å². The quantitative estimate of drug-likeness (QED) is 0.0689. The Balaban J connectivity index is 1.27. The molecule has 3 amide bonds. The Morgan fingerprint density at radius 1 is 0.875 bits per heavy atom. The Morgan fingerprint density at radius 3 is 2.21 bits per heavy atom. The van der Waals surface area contributed by atoms with E-state index in [1.807, 2.05) is 91.8 Å². The molecule has 6 aromatic rings. The maximum absolute atomic E-state index is 14.5. The van der Waals surface area contributed by atoms with Crippen molar-refractivity contribution in [3.63, 3.8) is 0 Å². The first-order chi connectivity index (χ1) is 26.9. The Hall–Kier alpha value is -6.17. The van der Waals surface area contributed by atoms with Crippen LogP contribution in [0.4, 0.5) is 10.5 Å². The molecular weight excluding hydrogens is 731 g/mol. The Bertz CT molecular complexity index is 2290. The average Bonchev–Trinajstić information content (AvgIpc) is 3.84. The molecule has 0 aliphatic rings. The number of anilines is 1. The van der Waals surface area contributed by atoms with Gasteiger partial charge in [-0.3, -0.25) is 14.2 Å². The summed E-state index contributed by atoms with van der Waals surface area (Å²) in [6, 6.07) is 33.7. The lowest BCUT2D eigenvalue weighted by Gasteiger charge is -2.28. The number of amides is 3. The molecule has 0 aliphatic carbocycles. The molecule has 0 radical (unpaired) electrons. The molecule has 0 spiro atoms. The number of nitrogens with one attached hydrogen (secondary N) is 3. The van der Waals surface area contributed by atoms with E-state index >= 15 is 0 Å². The van der Waals surface area contributed by atoms with Crippen molar-refractivity contribution in [1.82, 2.24) is 20.8 Å². The van der Waals surface area contributed by atoms with Crippen molar-refractivity contribution in [3.8, 4) is 11.3 Å². The SMILES string of the molecule is CN(C)c1ccc(-c2cc(CC(CP(=O)(O)[C@H](Cc3ccccc3)NC(=O)OCc3ccccc3)C(=O)N[C@@H](Cc3c[nH]c4ccccc34)C(N)=O)on2)cc1. The van der Waals surface area contributed by atoms with Crippen molar-refractivity contribution in [2.24, 2.45) is 11.7 Å². The van der Waals surface area contributed by atoms with Gasteiger partial charge in [-0.25, -0.2) is 4.79 Å². The molecule has 6 N–H and O–H groups in total. The highest BCUT2D eigenvalue weighted by atomic mass is 31.2. The van der Waals surface area contributed by atoms with Crippen LogP contribution in [0.25, 0.3) is 22.2 Å². The number of carbonyl (C=O) groups excluding carboxylic acids is 3. The fourth-order valence-corrected chi connectivity index (χ4v) is 8.45. The average molecular weight is 777 g/mol. The molecule has 290 valence electrons. The summed E-state index contributed by atoms with van der Waals surface area (Å²) in [4.78, 5) is 57.1. The number of ether oxygens (including phenoxy) is 1. The van der Waals surface area contributed by atoms with Gasteiger partial charge < -0.3 is 40.4 Å². The van der Waals surface area contributed by atoms with Crippen LogP contribution in [0.3, 0.4) is 0 Å². The van der Waals surface area contributed by atoms with Crippen molar-refractivity contribution < 1.29 is 33.1 Å².